The minimum Gasteiger partial charge on any atom is -0.447 e. The van der Waals surface area contributed by atoms with E-state index in [9.17, 15) is 4.79 Å². The Morgan fingerprint density at radius 2 is 1.44 bits per heavy atom. The molecule has 4 aromatic carbocycles. The summed E-state index contributed by atoms with van der Waals surface area (Å²) in [6.07, 6.45) is 1.38. The summed E-state index contributed by atoms with van der Waals surface area (Å²) in [5.74, 6) is 1.06. The lowest BCUT2D eigenvalue weighted by atomic mass is 9.98. The third-order valence-electron chi connectivity index (χ3n) is 6.41. The molecule has 202 valence electrons. The van der Waals surface area contributed by atoms with Gasteiger partial charge in [0.1, 0.15) is 6.26 Å². The van der Waals surface area contributed by atoms with Crippen LogP contribution in [-0.4, -0.2) is 25.7 Å². The number of hydrogen-bond donors (Lipinski definition) is 1. The number of amides is 1. The van der Waals surface area contributed by atoms with Crippen molar-refractivity contribution < 1.29 is 9.21 Å². The van der Waals surface area contributed by atoms with Gasteiger partial charge in [0.25, 0.3) is 5.91 Å². The lowest BCUT2D eigenvalue weighted by Gasteiger charge is -2.19. The molecule has 2 aromatic heterocycles. The molecule has 0 spiro atoms. The SMILES string of the molecule is O=C(NC(c1ccccc1)c1ccccc1)c1coc(CSc2nnc(-c3ccccc3Cl)n2-c2ccccc2)n1. The number of carbonyl (C=O) groups is 1. The Morgan fingerprint density at radius 1 is 0.829 bits per heavy atom. The molecule has 0 saturated heterocycles. The molecule has 0 aliphatic carbocycles. The zero-order valence-corrected chi connectivity index (χ0v) is 23.3. The van der Waals surface area contributed by atoms with E-state index in [1.54, 1.807) is 0 Å². The van der Waals surface area contributed by atoms with Gasteiger partial charge in [-0.2, -0.15) is 0 Å². The Balaban J connectivity index is 1.22. The van der Waals surface area contributed by atoms with Crippen molar-refractivity contribution in [3.63, 3.8) is 0 Å². The Hall–Kier alpha value is -4.66. The predicted octanol–water partition coefficient (Wildman–Crippen LogP) is 7.39. The molecule has 0 bridgehead atoms. The number of rotatable bonds is 9. The van der Waals surface area contributed by atoms with Gasteiger partial charge in [0.15, 0.2) is 16.7 Å². The molecular weight excluding hydrogens is 554 g/mol. The predicted molar refractivity (Wildman–Crippen MR) is 160 cm³/mol. The van der Waals surface area contributed by atoms with Crippen LogP contribution in [0, 0.1) is 0 Å². The summed E-state index contributed by atoms with van der Waals surface area (Å²) < 4.78 is 7.64. The van der Waals surface area contributed by atoms with Gasteiger partial charge in [0.2, 0.25) is 5.89 Å². The van der Waals surface area contributed by atoms with Crippen LogP contribution >= 0.6 is 23.4 Å². The molecule has 1 amide bonds. The van der Waals surface area contributed by atoms with E-state index in [1.807, 2.05) is 120 Å². The number of thioether (sulfide) groups is 1. The number of aromatic nitrogens is 4. The highest BCUT2D eigenvalue weighted by Gasteiger charge is 2.22. The van der Waals surface area contributed by atoms with Crippen molar-refractivity contribution in [1.82, 2.24) is 25.1 Å². The number of nitrogens with zero attached hydrogens (tertiary/aromatic N) is 4. The molecule has 2 heterocycles. The van der Waals surface area contributed by atoms with Crippen LogP contribution in [0.5, 0.6) is 0 Å². The minimum atomic E-state index is -0.327. The van der Waals surface area contributed by atoms with Crippen molar-refractivity contribution in [2.75, 3.05) is 0 Å². The highest BCUT2D eigenvalue weighted by molar-refractivity contribution is 7.98. The number of hydrogen-bond acceptors (Lipinski definition) is 6. The van der Waals surface area contributed by atoms with Crippen LogP contribution in [0.1, 0.15) is 33.5 Å². The number of carbonyl (C=O) groups excluding carboxylic acids is 1. The summed E-state index contributed by atoms with van der Waals surface area (Å²) in [7, 11) is 0. The molecule has 41 heavy (non-hydrogen) atoms. The van der Waals surface area contributed by atoms with E-state index in [0.29, 0.717) is 27.6 Å². The van der Waals surface area contributed by atoms with E-state index < -0.39 is 0 Å². The second kappa shape index (κ2) is 12.2. The first-order valence-corrected chi connectivity index (χ1v) is 14.3. The minimum absolute atomic E-state index is 0.207. The van der Waals surface area contributed by atoms with Crippen molar-refractivity contribution >= 4 is 29.3 Å². The Bertz CT molecular complexity index is 1720. The fourth-order valence-electron chi connectivity index (χ4n) is 4.45. The molecule has 6 rings (SSSR count). The van der Waals surface area contributed by atoms with Crippen molar-refractivity contribution in [3.05, 3.63) is 149 Å². The van der Waals surface area contributed by atoms with Gasteiger partial charge in [0.05, 0.1) is 16.8 Å². The summed E-state index contributed by atoms with van der Waals surface area (Å²) in [5, 5.41) is 13.2. The van der Waals surface area contributed by atoms with Crippen LogP contribution in [0.2, 0.25) is 5.02 Å². The van der Waals surface area contributed by atoms with Crippen molar-refractivity contribution in [3.8, 4) is 17.1 Å². The summed E-state index contributed by atoms with van der Waals surface area (Å²) in [4.78, 5) is 17.7. The van der Waals surface area contributed by atoms with Gasteiger partial charge in [-0.05, 0) is 35.4 Å². The fraction of sp³-hybridized carbons (Fsp3) is 0.0625. The number of nitrogens with one attached hydrogen (secondary N) is 1. The Labute approximate surface area is 246 Å². The smallest absolute Gasteiger partial charge is 0.273 e. The molecule has 0 saturated carbocycles. The summed E-state index contributed by atoms with van der Waals surface area (Å²) in [6, 6.07) is 36.7. The lowest BCUT2D eigenvalue weighted by Crippen LogP contribution is -2.29. The normalized spacial score (nSPS) is 11.1. The molecule has 6 aromatic rings. The zero-order chi connectivity index (χ0) is 28.0. The van der Waals surface area contributed by atoms with Gasteiger partial charge in [-0.25, -0.2) is 4.98 Å². The molecule has 1 N–H and O–H groups in total. The van der Waals surface area contributed by atoms with Crippen LogP contribution in [0.15, 0.2) is 131 Å². The van der Waals surface area contributed by atoms with E-state index in [0.717, 1.165) is 22.4 Å². The van der Waals surface area contributed by atoms with Crippen LogP contribution in [0.4, 0.5) is 0 Å². The average molecular weight is 578 g/mol. The first-order valence-electron chi connectivity index (χ1n) is 12.9. The number of halogens is 1. The van der Waals surface area contributed by atoms with Crippen LogP contribution in [0.25, 0.3) is 17.1 Å². The molecule has 0 unspecified atom stereocenters. The van der Waals surface area contributed by atoms with Gasteiger partial charge >= 0.3 is 0 Å². The standard InChI is InChI=1S/C32H24ClN5O2S/c33-26-19-11-10-18-25(26)30-36-37-32(38(30)24-16-8-3-9-17-24)41-21-28-34-27(20-40-28)31(39)35-29(22-12-4-1-5-13-22)23-14-6-2-7-15-23/h1-20,29H,21H2,(H,35,39). The van der Waals surface area contributed by atoms with E-state index in [1.165, 1.54) is 18.0 Å². The molecule has 0 atom stereocenters. The fourth-order valence-corrected chi connectivity index (χ4v) is 5.48. The highest BCUT2D eigenvalue weighted by atomic mass is 35.5. The second-order valence-corrected chi connectivity index (χ2v) is 10.4. The van der Waals surface area contributed by atoms with Crippen molar-refractivity contribution in [1.29, 1.82) is 0 Å². The molecule has 0 fully saturated rings. The van der Waals surface area contributed by atoms with Gasteiger partial charge < -0.3 is 9.73 Å². The van der Waals surface area contributed by atoms with E-state index >= 15 is 0 Å². The first-order chi connectivity index (χ1) is 20.2. The maximum absolute atomic E-state index is 13.2. The molecule has 0 radical (unpaired) electrons. The van der Waals surface area contributed by atoms with E-state index in [2.05, 4.69) is 20.5 Å². The summed E-state index contributed by atoms with van der Waals surface area (Å²) in [6.45, 7) is 0. The van der Waals surface area contributed by atoms with E-state index in [4.69, 9.17) is 16.0 Å². The molecule has 0 aliphatic rings. The maximum Gasteiger partial charge on any atom is 0.273 e. The van der Waals surface area contributed by atoms with Crippen molar-refractivity contribution in [2.45, 2.75) is 17.0 Å². The van der Waals surface area contributed by atoms with Crippen molar-refractivity contribution in [2.24, 2.45) is 0 Å². The molecular formula is C32H24ClN5O2S. The molecule has 0 aliphatic heterocycles. The maximum atomic E-state index is 13.2. The highest BCUT2D eigenvalue weighted by Crippen LogP contribution is 2.33. The topological polar surface area (TPSA) is 85.8 Å². The second-order valence-electron chi connectivity index (χ2n) is 9.10. The first kappa shape index (κ1) is 26.6. The van der Waals surface area contributed by atoms with Gasteiger partial charge in [-0.3, -0.25) is 9.36 Å². The number of oxazole rings is 1. The van der Waals surface area contributed by atoms with Crippen LogP contribution in [-0.2, 0) is 5.75 Å². The third-order valence-corrected chi connectivity index (χ3v) is 7.66. The van der Waals surface area contributed by atoms with Gasteiger partial charge in [-0.15, -0.1) is 10.2 Å². The average Bonchev–Trinajstić information content (AvgIpc) is 3.68. The Morgan fingerprint density at radius 3 is 2.10 bits per heavy atom. The third kappa shape index (κ3) is 5.94. The summed E-state index contributed by atoms with van der Waals surface area (Å²) >= 11 is 7.90. The number of benzene rings is 4. The van der Waals surface area contributed by atoms with Gasteiger partial charge in [0, 0.05) is 11.3 Å². The quantitative estimate of drug-likeness (QED) is 0.180. The lowest BCUT2D eigenvalue weighted by molar-refractivity contribution is 0.0938. The Kier molecular flexibility index (Phi) is 7.93. The molecule has 7 nitrogen and oxygen atoms in total. The molecule has 9 heteroatoms. The zero-order valence-electron chi connectivity index (χ0n) is 21.7. The largest absolute Gasteiger partial charge is 0.447 e. The number of para-hydroxylation sites is 1. The van der Waals surface area contributed by atoms with E-state index in [-0.39, 0.29) is 17.6 Å². The summed E-state index contributed by atoms with van der Waals surface area (Å²) in [5.41, 5.74) is 3.83. The monoisotopic (exact) mass is 577 g/mol. The van der Waals surface area contributed by atoms with Crippen LogP contribution < -0.4 is 5.32 Å². The van der Waals surface area contributed by atoms with Gasteiger partial charge in [-0.1, -0.05) is 114 Å². The van der Waals surface area contributed by atoms with Crippen LogP contribution in [0.3, 0.4) is 0 Å².